The minimum absolute atomic E-state index is 0.106. The molecule has 0 amide bonds. The SMILES string of the molecule is CCCc1cc(C=Cc2ccc(O)c(C)c2)cc(C(C)(C)C)c1O. The number of hydrogen-bond acceptors (Lipinski definition) is 2. The van der Waals surface area contributed by atoms with Crippen molar-refractivity contribution in [2.75, 3.05) is 0 Å². The Hall–Kier alpha value is -2.22. The summed E-state index contributed by atoms with van der Waals surface area (Å²) >= 11 is 0. The first-order valence-electron chi connectivity index (χ1n) is 8.56. The summed E-state index contributed by atoms with van der Waals surface area (Å²) in [4.78, 5) is 0. The first-order chi connectivity index (χ1) is 11.2. The van der Waals surface area contributed by atoms with E-state index < -0.39 is 0 Å². The Bertz CT molecular complexity index is 749. The number of hydrogen-bond donors (Lipinski definition) is 2. The second-order valence-corrected chi connectivity index (χ2v) is 7.46. The van der Waals surface area contributed by atoms with E-state index in [2.05, 4.69) is 45.9 Å². The molecular formula is C22H28O2. The molecule has 2 aromatic rings. The third kappa shape index (κ3) is 4.19. The van der Waals surface area contributed by atoms with Crippen molar-refractivity contribution in [3.8, 4) is 11.5 Å². The zero-order valence-corrected chi connectivity index (χ0v) is 15.4. The zero-order valence-electron chi connectivity index (χ0n) is 15.4. The lowest BCUT2D eigenvalue weighted by Crippen LogP contribution is -2.12. The van der Waals surface area contributed by atoms with Gasteiger partial charge in [-0.1, -0.05) is 52.3 Å². The molecule has 2 rings (SSSR count). The summed E-state index contributed by atoms with van der Waals surface area (Å²) < 4.78 is 0. The molecule has 0 aliphatic carbocycles. The van der Waals surface area contributed by atoms with E-state index in [-0.39, 0.29) is 5.41 Å². The molecule has 0 saturated carbocycles. The van der Waals surface area contributed by atoms with Gasteiger partial charge in [0.25, 0.3) is 0 Å². The number of rotatable bonds is 4. The highest BCUT2D eigenvalue weighted by Gasteiger charge is 2.20. The molecule has 0 unspecified atom stereocenters. The van der Waals surface area contributed by atoms with Gasteiger partial charge in [-0.25, -0.2) is 0 Å². The summed E-state index contributed by atoms with van der Waals surface area (Å²) in [6, 6.07) is 9.71. The highest BCUT2D eigenvalue weighted by atomic mass is 16.3. The van der Waals surface area contributed by atoms with Crippen molar-refractivity contribution in [1.82, 2.24) is 0 Å². The number of phenols is 2. The summed E-state index contributed by atoms with van der Waals surface area (Å²) in [5.41, 5.74) is 4.89. The summed E-state index contributed by atoms with van der Waals surface area (Å²) in [6.07, 6.45) is 5.98. The van der Waals surface area contributed by atoms with Crippen molar-refractivity contribution < 1.29 is 10.2 Å². The standard InChI is InChI=1S/C22H28O2/c1-6-7-18-13-17(14-19(21(18)24)22(3,4)5)9-8-16-10-11-20(23)15(2)12-16/h8-14,23-24H,6-7H2,1-5H3. The van der Waals surface area contributed by atoms with E-state index in [1.807, 2.05) is 25.1 Å². The quantitative estimate of drug-likeness (QED) is 0.695. The van der Waals surface area contributed by atoms with Crippen LogP contribution in [0.5, 0.6) is 11.5 Å². The molecular weight excluding hydrogens is 296 g/mol. The maximum absolute atomic E-state index is 10.6. The molecule has 0 aromatic heterocycles. The van der Waals surface area contributed by atoms with Crippen LogP contribution in [0.4, 0.5) is 0 Å². The molecule has 2 heteroatoms. The van der Waals surface area contributed by atoms with Crippen LogP contribution in [-0.2, 0) is 11.8 Å². The van der Waals surface area contributed by atoms with Crippen LogP contribution in [0.3, 0.4) is 0 Å². The third-order valence-corrected chi connectivity index (χ3v) is 4.23. The van der Waals surface area contributed by atoms with Crippen LogP contribution in [0, 0.1) is 6.92 Å². The van der Waals surface area contributed by atoms with Crippen molar-refractivity contribution in [2.45, 2.75) is 52.9 Å². The minimum Gasteiger partial charge on any atom is -0.508 e. The fraction of sp³-hybridized carbons (Fsp3) is 0.364. The van der Waals surface area contributed by atoms with E-state index >= 15 is 0 Å². The van der Waals surface area contributed by atoms with Crippen LogP contribution >= 0.6 is 0 Å². The highest BCUT2D eigenvalue weighted by Crippen LogP contribution is 2.35. The molecule has 2 aromatic carbocycles. The van der Waals surface area contributed by atoms with Crippen LogP contribution in [-0.4, -0.2) is 10.2 Å². The topological polar surface area (TPSA) is 40.5 Å². The molecule has 0 radical (unpaired) electrons. The normalized spacial score (nSPS) is 12.0. The first kappa shape index (κ1) is 18.1. The monoisotopic (exact) mass is 324 g/mol. The lowest BCUT2D eigenvalue weighted by molar-refractivity contribution is 0.440. The largest absolute Gasteiger partial charge is 0.508 e. The molecule has 0 aliphatic heterocycles. The van der Waals surface area contributed by atoms with Crippen LogP contribution in [0.2, 0.25) is 0 Å². The summed E-state index contributed by atoms with van der Waals surface area (Å²) in [5.74, 6) is 0.749. The van der Waals surface area contributed by atoms with Gasteiger partial charge >= 0.3 is 0 Å². The Morgan fingerprint density at radius 1 is 0.958 bits per heavy atom. The molecule has 0 fully saturated rings. The van der Waals surface area contributed by atoms with Gasteiger partial charge in [0.15, 0.2) is 0 Å². The summed E-state index contributed by atoms with van der Waals surface area (Å²) in [5, 5.41) is 20.2. The van der Waals surface area contributed by atoms with Gasteiger partial charge in [-0.3, -0.25) is 0 Å². The molecule has 128 valence electrons. The number of benzene rings is 2. The van der Waals surface area contributed by atoms with E-state index in [4.69, 9.17) is 0 Å². The summed E-state index contributed by atoms with van der Waals surface area (Å²) in [7, 11) is 0. The van der Waals surface area contributed by atoms with Crippen LogP contribution < -0.4 is 0 Å². The van der Waals surface area contributed by atoms with Gasteiger partial charge in [-0.2, -0.15) is 0 Å². The predicted molar refractivity (Wildman–Crippen MR) is 103 cm³/mol. The Kier molecular flexibility index (Phi) is 5.38. The fourth-order valence-corrected chi connectivity index (χ4v) is 2.82. The minimum atomic E-state index is -0.106. The number of phenolic OH excluding ortho intramolecular Hbond substituents is 2. The van der Waals surface area contributed by atoms with Gasteiger partial charge in [0.2, 0.25) is 0 Å². The van der Waals surface area contributed by atoms with Gasteiger partial charge in [0, 0.05) is 5.56 Å². The molecule has 2 N–H and O–H groups in total. The Morgan fingerprint density at radius 3 is 2.21 bits per heavy atom. The Labute approximate surface area is 145 Å². The van der Waals surface area contributed by atoms with Gasteiger partial charge < -0.3 is 10.2 Å². The van der Waals surface area contributed by atoms with E-state index in [1.165, 1.54) is 0 Å². The average molecular weight is 324 g/mol. The fourth-order valence-electron chi connectivity index (χ4n) is 2.82. The average Bonchev–Trinajstić information content (AvgIpc) is 2.50. The predicted octanol–water partition coefficient (Wildman–Crippen LogP) is 5.83. The second kappa shape index (κ2) is 7.12. The third-order valence-electron chi connectivity index (χ3n) is 4.23. The lowest BCUT2D eigenvalue weighted by atomic mass is 9.83. The maximum atomic E-state index is 10.6. The molecule has 2 nitrogen and oxygen atoms in total. The van der Waals surface area contributed by atoms with Crippen molar-refractivity contribution in [2.24, 2.45) is 0 Å². The molecule has 0 spiro atoms. The molecule has 24 heavy (non-hydrogen) atoms. The van der Waals surface area contributed by atoms with Gasteiger partial charge in [-0.15, -0.1) is 0 Å². The summed E-state index contributed by atoms with van der Waals surface area (Å²) in [6.45, 7) is 10.4. The number of aryl methyl sites for hydroxylation is 2. The van der Waals surface area contributed by atoms with Crippen molar-refractivity contribution in [3.05, 3.63) is 58.1 Å². The van der Waals surface area contributed by atoms with E-state index in [9.17, 15) is 10.2 Å². The molecule has 0 atom stereocenters. The molecule has 0 bridgehead atoms. The van der Waals surface area contributed by atoms with Gasteiger partial charge in [0.1, 0.15) is 11.5 Å². The van der Waals surface area contributed by atoms with Crippen molar-refractivity contribution in [3.63, 3.8) is 0 Å². The smallest absolute Gasteiger partial charge is 0.122 e. The zero-order chi connectivity index (χ0) is 17.9. The molecule has 0 heterocycles. The number of aromatic hydroxyl groups is 2. The van der Waals surface area contributed by atoms with Crippen LogP contribution in [0.25, 0.3) is 12.2 Å². The van der Waals surface area contributed by atoms with Gasteiger partial charge in [-0.05, 0) is 65.3 Å². The van der Waals surface area contributed by atoms with E-state index in [0.29, 0.717) is 11.5 Å². The maximum Gasteiger partial charge on any atom is 0.122 e. The van der Waals surface area contributed by atoms with Crippen molar-refractivity contribution >= 4 is 12.2 Å². The Morgan fingerprint density at radius 2 is 1.62 bits per heavy atom. The molecule has 0 saturated heterocycles. The second-order valence-electron chi connectivity index (χ2n) is 7.46. The Balaban J connectivity index is 2.43. The van der Waals surface area contributed by atoms with Gasteiger partial charge in [0.05, 0.1) is 0 Å². The first-order valence-corrected chi connectivity index (χ1v) is 8.56. The molecule has 0 aliphatic rings. The van der Waals surface area contributed by atoms with E-state index in [0.717, 1.165) is 40.7 Å². The van der Waals surface area contributed by atoms with Crippen LogP contribution in [0.15, 0.2) is 30.3 Å². The lowest BCUT2D eigenvalue weighted by Gasteiger charge is -2.23. The highest BCUT2D eigenvalue weighted by molar-refractivity contribution is 5.72. The van der Waals surface area contributed by atoms with E-state index in [1.54, 1.807) is 6.07 Å². The van der Waals surface area contributed by atoms with Crippen molar-refractivity contribution in [1.29, 1.82) is 0 Å². The van der Waals surface area contributed by atoms with Crippen LogP contribution in [0.1, 0.15) is 61.9 Å².